The average Bonchev–Trinajstić information content (AvgIpc) is 2.34. The molecule has 1 aromatic rings. The number of anilines is 1. The average molecular weight is 355 g/mol. The monoisotopic (exact) mass is 355 g/mol. The van der Waals surface area contributed by atoms with Crippen molar-refractivity contribution in [1.29, 1.82) is 0 Å². The van der Waals surface area contributed by atoms with E-state index in [0.717, 1.165) is 6.26 Å². The molecule has 0 saturated carbocycles. The summed E-state index contributed by atoms with van der Waals surface area (Å²) in [6, 6.07) is 6.20. The van der Waals surface area contributed by atoms with Crippen LogP contribution in [-0.4, -0.2) is 57.1 Å². The summed E-state index contributed by atoms with van der Waals surface area (Å²) in [6.07, 6.45) is 1.08. The van der Waals surface area contributed by atoms with Crippen LogP contribution >= 0.6 is 0 Å². The van der Waals surface area contributed by atoms with Crippen molar-refractivity contribution in [2.45, 2.75) is 31.2 Å². The molecule has 1 aromatic carbocycles. The smallest absolute Gasteiger partial charge is 0.238 e. The third-order valence-corrected chi connectivity index (χ3v) is 4.06. The van der Waals surface area contributed by atoms with E-state index < -0.39 is 15.7 Å². The van der Waals surface area contributed by atoms with Gasteiger partial charge in [0.05, 0.1) is 23.7 Å². The van der Waals surface area contributed by atoms with Crippen LogP contribution in [0, 0.1) is 0 Å². The molecule has 0 heterocycles. The van der Waals surface area contributed by atoms with Crippen LogP contribution in [0.2, 0.25) is 0 Å². The fourth-order valence-corrected chi connectivity index (χ4v) is 2.93. The van der Waals surface area contributed by atoms with Crippen LogP contribution in [0.3, 0.4) is 0 Å². The van der Waals surface area contributed by atoms with E-state index in [1.807, 2.05) is 20.8 Å². The number of sulfone groups is 1. The van der Waals surface area contributed by atoms with Gasteiger partial charge >= 0.3 is 0 Å². The maximum absolute atomic E-state index is 12.1. The van der Waals surface area contributed by atoms with Crippen LogP contribution in [0.25, 0.3) is 0 Å². The predicted molar refractivity (Wildman–Crippen MR) is 93.6 cm³/mol. The van der Waals surface area contributed by atoms with Crippen molar-refractivity contribution in [2.75, 3.05) is 31.7 Å². The highest BCUT2D eigenvalue weighted by atomic mass is 32.2. The zero-order valence-corrected chi connectivity index (χ0v) is 15.5. The first-order chi connectivity index (χ1) is 10.9. The van der Waals surface area contributed by atoms with Crippen molar-refractivity contribution < 1.29 is 18.0 Å². The lowest BCUT2D eigenvalue weighted by Gasteiger charge is -2.23. The first-order valence-corrected chi connectivity index (χ1v) is 9.36. The molecule has 0 atom stereocenters. The van der Waals surface area contributed by atoms with Crippen LogP contribution in [0.5, 0.6) is 0 Å². The molecule has 134 valence electrons. The van der Waals surface area contributed by atoms with Crippen molar-refractivity contribution in [2.24, 2.45) is 0 Å². The zero-order valence-electron chi connectivity index (χ0n) is 14.7. The van der Waals surface area contributed by atoms with E-state index in [4.69, 9.17) is 0 Å². The number of amides is 2. The number of carbonyl (C=O) groups is 2. The van der Waals surface area contributed by atoms with Gasteiger partial charge in [-0.1, -0.05) is 12.1 Å². The number of benzene rings is 1. The molecule has 2 N–H and O–H groups in total. The quantitative estimate of drug-likeness (QED) is 0.790. The van der Waals surface area contributed by atoms with Crippen LogP contribution in [0.4, 0.5) is 5.69 Å². The van der Waals surface area contributed by atoms with Gasteiger partial charge < -0.3 is 10.6 Å². The Kier molecular flexibility index (Phi) is 6.50. The van der Waals surface area contributed by atoms with Gasteiger partial charge in [0.25, 0.3) is 0 Å². The minimum Gasteiger partial charge on any atom is -0.350 e. The van der Waals surface area contributed by atoms with E-state index in [-0.39, 0.29) is 35.1 Å². The molecule has 0 fully saturated rings. The molecule has 0 saturated heterocycles. The molecule has 1 rings (SSSR count). The van der Waals surface area contributed by atoms with Crippen molar-refractivity contribution in [3.63, 3.8) is 0 Å². The maximum Gasteiger partial charge on any atom is 0.238 e. The molecule has 7 nitrogen and oxygen atoms in total. The van der Waals surface area contributed by atoms with E-state index in [1.165, 1.54) is 12.1 Å². The normalized spacial score (nSPS) is 12.1. The van der Waals surface area contributed by atoms with E-state index in [1.54, 1.807) is 24.1 Å². The van der Waals surface area contributed by atoms with Crippen molar-refractivity contribution >= 4 is 27.3 Å². The summed E-state index contributed by atoms with van der Waals surface area (Å²) in [4.78, 5) is 25.5. The Balaban J connectivity index is 2.66. The summed E-state index contributed by atoms with van der Waals surface area (Å²) in [6.45, 7) is 5.66. The second-order valence-corrected chi connectivity index (χ2v) is 8.77. The molecule has 0 aliphatic heterocycles. The van der Waals surface area contributed by atoms with Crippen LogP contribution < -0.4 is 10.6 Å². The molecular weight excluding hydrogens is 330 g/mol. The maximum atomic E-state index is 12.1. The highest BCUT2D eigenvalue weighted by molar-refractivity contribution is 7.90. The molecular formula is C16H25N3O4S. The van der Waals surface area contributed by atoms with Gasteiger partial charge in [-0.3, -0.25) is 14.5 Å². The van der Waals surface area contributed by atoms with Gasteiger partial charge in [0, 0.05) is 11.8 Å². The summed E-state index contributed by atoms with van der Waals surface area (Å²) >= 11 is 0. The fraction of sp³-hybridized carbons (Fsp3) is 0.500. The number of rotatable bonds is 6. The molecule has 2 amide bonds. The Labute approximate surface area is 143 Å². The Morgan fingerprint density at radius 2 is 1.62 bits per heavy atom. The first kappa shape index (κ1) is 20.1. The summed E-state index contributed by atoms with van der Waals surface area (Å²) in [7, 11) is -1.80. The Hall–Kier alpha value is -1.93. The van der Waals surface area contributed by atoms with Gasteiger partial charge in [0.2, 0.25) is 11.8 Å². The van der Waals surface area contributed by atoms with Gasteiger partial charge in [0.15, 0.2) is 9.84 Å². The number of hydrogen-bond acceptors (Lipinski definition) is 5. The molecule has 0 aliphatic carbocycles. The predicted octanol–water partition coefficient (Wildman–Crippen LogP) is 0.875. The molecule has 0 bridgehead atoms. The van der Waals surface area contributed by atoms with Crippen molar-refractivity contribution in [1.82, 2.24) is 10.2 Å². The minimum atomic E-state index is -3.44. The Morgan fingerprint density at radius 1 is 1.08 bits per heavy atom. The summed E-state index contributed by atoms with van der Waals surface area (Å²) in [5.41, 5.74) is -0.105. The Bertz CT molecular complexity index is 708. The SMILES string of the molecule is CN(CC(=O)Nc1ccccc1S(C)(=O)=O)CC(=O)NC(C)(C)C. The van der Waals surface area contributed by atoms with Crippen molar-refractivity contribution in [3.8, 4) is 0 Å². The molecule has 8 heteroatoms. The topological polar surface area (TPSA) is 95.6 Å². The van der Waals surface area contributed by atoms with Crippen LogP contribution in [0.1, 0.15) is 20.8 Å². The van der Waals surface area contributed by atoms with E-state index in [9.17, 15) is 18.0 Å². The number of hydrogen-bond donors (Lipinski definition) is 2. The second kappa shape index (κ2) is 7.76. The molecule has 0 spiro atoms. The van der Waals surface area contributed by atoms with Gasteiger partial charge in [0.1, 0.15) is 0 Å². The van der Waals surface area contributed by atoms with E-state index in [0.29, 0.717) is 0 Å². The third kappa shape index (κ3) is 7.10. The van der Waals surface area contributed by atoms with Gasteiger partial charge in [-0.25, -0.2) is 8.42 Å². The van der Waals surface area contributed by atoms with Gasteiger partial charge in [-0.2, -0.15) is 0 Å². The Morgan fingerprint density at radius 3 is 2.17 bits per heavy atom. The zero-order chi connectivity index (χ0) is 18.5. The number of carbonyl (C=O) groups excluding carboxylic acids is 2. The summed E-state index contributed by atoms with van der Waals surface area (Å²) in [5.74, 6) is -0.577. The number of likely N-dealkylation sites (N-methyl/N-ethyl adjacent to an activating group) is 1. The first-order valence-electron chi connectivity index (χ1n) is 7.47. The molecule has 0 radical (unpaired) electrons. The number of para-hydroxylation sites is 1. The molecule has 0 aliphatic rings. The highest BCUT2D eigenvalue weighted by Crippen LogP contribution is 2.20. The number of nitrogens with one attached hydrogen (secondary N) is 2. The second-order valence-electron chi connectivity index (χ2n) is 6.79. The molecule has 0 aromatic heterocycles. The highest BCUT2D eigenvalue weighted by Gasteiger charge is 2.18. The molecule has 24 heavy (non-hydrogen) atoms. The number of nitrogens with zero attached hydrogens (tertiary/aromatic N) is 1. The van der Waals surface area contributed by atoms with E-state index in [2.05, 4.69) is 10.6 Å². The minimum absolute atomic E-state index is 0.0321. The third-order valence-electron chi connectivity index (χ3n) is 2.90. The standard InChI is InChI=1S/C16H25N3O4S/c1-16(2,3)18-15(21)11-19(4)10-14(20)17-12-8-6-7-9-13(12)24(5,22)23/h6-9H,10-11H2,1-5H3,(H,17,20)(H,18,21). The molecule has 0 unspecified atom stereocenters. The van der Waals surface area contributed by atoms with Crippen LogP contribution in [-0.2, 0) is 19.4 Å². The van der Waals surface area contributed by atoms with Crippen molar-refractivity contribution in [3.05, 3.63) is 24.3 Å². The van der Waals surface area contributed by atoms with Gasteiger partial charge in [-0.15, -0.1) is 0 Å². The lowest BCUT2D eigenvalue weighted by molar-refractivity contribution is -0.124. The fourth-order valence-electron chi connectivity index (χ4n) is 2.09. The summed E-state index contributed by atoms with van der Waals surface area (Å²) in [5, 5.41) is 5.39. The largest absolute Gasteiger partial charge is 0.350 e. The summed E-state index contributed by atoms with van der Waals surface area (Å²) < 4.78 is 23.4. The van der Waals surface area contributed by atoms with E-state index >= 15 is 0 Å². The lowest BCUT2D eigenvalue weighted by atomic mass is 10.1. The lowest BCUT2D eigenvalue weighted by Crippen LogP contribution is -2.46. The van der Waals surface area contributed by atoms with Gasteiger partial charge in [-0.05, 0) is 40.0 Å². The van der Waals surface area contributed by atoms with Crippen LogP contribution in [0.15, 0.2) is 29.2 Å².